The van der Waals surface area contributed by atoms with E-state index in [4.69, 9.17) is 11.6 Å². The molecule has 1 aliphatic carbocycles. The Kier molecular flexibility index (Phi) is 4.27. The molecule has 0 N–H and O–H groups in total. The van der Waals surface area contributed by atoms with Crippen molar-refractivity contribution in [2.45, 2.75) is 44.5 Å². The molecule has 0 heterocycles. The summed E-state index contributed by atoms with van der Waals surface area (Å²) in [5, 5.41) is 0. The Labute approximate surface area is 108 Å². The first-order chi connectivity index (χ1) is 8.27. The van der Waals surface area contributed by atoms with E-state index in [0.29, 0.717) is 11.9 Å². The van der Waals surface area contributed by atoms with Crippen molar-refractivity contribution in [2.24, 2.45) is 0 Å². The summed E-state index contributed by atoms with van der Waals surface area (Å²) in [4.78, 5) is 2.19. The van der Waals surface area contributed by atoms with Crippen LogP contribution in [0.15, 0.2) is 18.2 Å². The summed E-state index contributed by atoms with van der Waals surface area (Å²) in [6, 6.07) is 5.67. The molecule has 17 heavy (non-hydrogen) atoms. The molecule has 3 heteroatoms. The van der Waals surface area contributed by atoms with Crippen LogP contribution in [-0.2, 0) is 5.88 Å². The molecule has 0 aromatic heterocycles. The van der Waals surface area contributed by atoms with Crippen LogP contribution in [0.4, 0.5) is 10.1 Å². The highest BCUT2D eigenvalue weighted by Crippen LogP contribution is 2.32. The van der Waals surface area contributed by atoms with Crippen molar-refractivity contribution in [2.75, 3.05) is 11.4 Å². The lowest BCUT2D eigenvalue weighted by atomic mass is 10.1. The highest BCUT2D eigenvalue weighted by Gasteiger charge is 2.25. The third-order valence-electron chi connectivity index (χ3n) is 3.61. The minimum atomic E-state index is -0.142. The molecular weight excluding hydrogens is 237 g/mol. The first-order valence-corrected chi connectivity index (χ1v) is 6.91. The molecule has 0 radical (unpaired) electrons. The predicted octanol–water partition coefficient (Wildman–Crippen LogP) is 4.33. The van der Waals surface area contributed by atoms with E-state index in [1.54, 1.807) is 6.07 Å². The van der Waals surface area contributed by atoms with Gasteiger partial charge in [-0.3, -0.25) is 0 Å². The van der Waals surface area contributed by atoms with Gasteiger partial charge >= 0.3 is 0 Å². The molecule has 1 aromatic carbocycles. The number of rotatable bonds is 4. The predicted molar refractivity (Wildman–Crippen MR) is 71.2 cm³/mol. The summed E-state index contributed by atoms with van der Waals surface area (Å²) in [5.74, 6) is 0.230. The summed E-state index contributed by atoms with van der Waals surface area (Å²) in [6.07, 6.45) is 4.85. The maximum Gasteiger partial charge on any atom is 0.146 e. The van der Waals surface area contributed by atoms with Gasteiger partial charge in [0.15, 0.2) is 0 Å². The van der Waals surface area contributed by atoms with Crippen molar-refractivity contribution in [1.29, 1.82) is 0 Å². The summed E-state index contributed by atoms with van der Waals surface area (Å²) < 4.78 is 14.0. The molecule has 1 aromatic rings. The number of alkyl halides is 1. The molecule has 0 unspecified atom stereocenters. The normalized spacial score (nSPS) is 16.4. The molecule has 1 saturated carbocycles. The number of nitrogens with zero attached hydrogens (tertiary/aromatic N) is 1. The van der Waals surface area contributed by atoms with Gasteiger partial charge in [0.25, 0.3) is 0 Å². The van der Waals surface area contributed by atoms with E-state index >= 15 is 0 Å². The van der Waals surface area contributed by atoms with Gasteiger partial charge in [-0.05, 0) is 31.4 Å². The SMILES string of the molecule is CCN(c1c(F)cccc1CCl)C1CCCC1. The van der Waals surface area contributed by atoms with E-state index in [2.05, 4.69) is 11.8 Å². The third kappa shape index (κ3) is 2.57. The van der Waals surface area contributed by atoms with Crippen LogP contribution in [0, 0.1) is 5.82 Å². The fourth-order valence-corrected chi connectivity index (χ4v) is 3.02. The quantitative estimate of drug-likeness (QED) is 0.724. The molecule has 0 bridgehead atoms. The van der Waals surface area contributed by atoms with Gasteiger partial charge in [-0.1, -0.05) is 25.0 Å². The molecule has 0 saturated heterocycles. The molecule has 2 rings (SSSR count). The number of hydrogen-bond donors (Lipinski definition) is 0. The van der Waals surface area contributed by atoms with Gasteiger partial charge in [0, 0.05) is 18.5 Å². The van der Waals surface area contributed by atoms with Crippen LogP contribution in [0.1, 0.15) is 38.2 Å². The molecule has 94 valence electrons. The van der Waals surface area contributed by atoms with Gasteiger partial charge < -0.3 is 4.90 Å². The smallest absolute Gasteiger partial charge is 0.146 e. The van der Waals surface area contributed by atoms with Gasteiger partial charge in [-0.15, -0.1) is 11.6 Å². The van der Waals surface area contributed by atoms with Crippen molar-refractivity contribution in [3.63, 3.8) is 0 Å². The largest absolute Gasteiger partial charge is 0.366 e. The van der Waals surface area contributed by atoms with E-state index in [1.165, 1.54) is 31.7 Å². The standard InChI is InChI=1S/C14H19ClFN/c1-2-17(12-7-3-4-8-12)14-11(10-15)6-5-9-13(14)16/h5-6,9,12H,2-4,7-8,10H2,1H3. The molecule has 0 aliphatic heterocycles. The Balaban J connectivity index is 2.35. The van der Waals surface area contributed by atoms with E-state index in [0.717, 1.165) is 17.8 Å². The minimum absolute atomic E-state index is 0.142. The topological polar surface area (TPSA) is 3.24 Å². The number of halogens is 2. The maximum absolute atomic E-state index is 14.0. The summed E-state index contributed by atoms with van der Waals surface area (Å²) in [5.41, 5.74) is 1.62. The van der Waals surface area contributed by atoms with E-state index in [9.17, 15) is 4.39 Å². The van der Waals surface area contributed by atoms with Crippen LogP contribution in [-0.4, -0.2) is 12.6 Å². The highest BCUT2D eigenvalue weighted by atomic mass is 35.5. The van der Waals surface area contributed by atoms with Crippen molar-refractivity contribution in [1.82, 2.24) is 0 Å². The lowest BCUT2D eigenvalue weighted by Gasteiger charge is -2.31. The van der Waals surface area contributed by atoms with Crippen molar-refractivity contribution >= 4 is 17.3 Å². The lowest BCUT2D eigenvalue weighted by Crippen LogP contribution is -2.34. The Morgan fingerprint density at radius 3 is 2.65 bits per heavy atom. The second-order valence-corrected chi connectivity index (χ2v) is 4.87. The Bertz CT molecular complexity index is 374. The highest BCUT2D eigenvalue weighted by molar-refractivity contribution is 6.17. The van der Waals surface area contributed by atoms with Crippen molar-refractivity contribution in [3.8, 4) is 0 Å². The average Bonchev–Trinajstić information content (AvgIpc) is 2.86. The van der Waals surface area contributed by atoms with Gasteiger partial charge in [0.1, 0.15) is 5.82 Å². The molecule has 0 spiro atoms. The molecule has 1 aliphatic rings. The van der Waals surface area contributed by atoms with E-state index in [-0.39, 0.29) is 5.82 Å². The van der Waals surface area contributed by atoms with Gasteiger partial charge in [-0.2, -0.15) is 0 Å². The zero-order chi connectivity index (χ0) is 12.3. The third-order valence-corrected chi connectivity index (χ3v) is 3.90. The first kappa shape index (κ1) is 12.7. The van der Waals surface area contributed by atoms with Crippen molar-refractivity contribution in [3.05, 3.63) is 29.6 Å². The maximum atomic E-state index is 14.0. The van der Waals surface area contributed by atoms with Crippen LogP contribution >= 0.6 is 11.6 Å². The van der Waals surface area contributed by atoms with Crippen LogP contribution in [0.3, 0.4) is 0 Å². The monoisotopic (exact) mass is 255 g/mol. The fourth-order valence-electron chi connectivity index (χ4n) is 2.80. The summed E-state index contributed by atoms with van der Waals surface area (Å²) in [6.45, 7) is 2.93. The minimum Gasteiger partial charge on any atom is -0.366 e. The number of anilines is 1. The van der Waals surface area contributed by atoms with Crippen LogP contribution in [0.2, 0.25) is 0 Å². The first-order valence-electron chi connectivity index (χ1n) is 6.38. The lowest BCUT2D eigenvalue weighted by molar-refractivity contribution is 0.576. The molecule has 1 fully saturated rings. The molecular formula is C14H19ClFN. The second-order valence-electron chi connectivity index (χ2n) is 4.61. The van der Waals surface area contributed by atoms with E-state index in [1.807, 2.05) is 6.07 Å². The zero-order valence-electron chi connectivity index (χ0n) is 10.3. The zero-order valence-corrected chi connectivity index (χ0v) is 11.0. The van der Waals surface area contributed by atoms with E-state index < -0.39 is 0 Å². The summed E-state index contributed by atoms with van der Waals surface area (Å²) >= 11 is 5.92. The average molecular weight is 256 g/mol. The Morgan fingerprint density at radius 2 is 2.06 bits per heavy atom. The number of hydrogen-bond acceptors (Lipinski definition) is 1. The molecule has 0 atom stereocenters. The van der Waals surface area contributed by atoms with Gasteiger partial charge in [0.05, 0.1) is 5.69 Å². The fraction of sp³-hybridized carbons (Fsp3) is 0.571. The summed E-state index contributed by atoms with van der Waals surface area (Å²) in [7, 11) is 0. The van der Waals surface area contributed by atoms with Crippen LogP contribution < -0.4 is 4.90 Å². The second kappa shape index (κ2) is 5.72. The number of para-hydroxylation sites is 1. The van der Waals surface area contributed by atoms with Crippen LogP contribution in [0.5, 0.6) is 0 Å². The Hall–Kier alpha value is -0.760. The van der Waals surface area contributed by atoms with Crippen molar-refractivity contribution < 1.29 is 4.39 Å². The van der Waals surface area contributed by atoms with Gasteiger partial charge in [-0.25, -0.2) is 4.39 Å². The van der Waals surface area contributed by atoms with Gasteiger partial charge in [0.2, 0.25) is 0 Å². The molecule has 0 amide bonds. The molecule has 1 nitrogen and oxygen atoms in total. The van der Waals surface area contributed by atoms with Crippen LogP contribution in [0.25, 0.3) is 0 Å². The Morgan fingerprint density at radius 1 is 1.35 bits per heavy atom. The number of benzene rings is 1.